The van der Waals surface area contributed by atoms with Crippen molar-refractivity contribution in [2.24, 2.45) is 5.41 Å². The number of hydrogen-bond donors (Lipinski definition) is 2. The molecule has 1 aliphatic rings. The number of rotatable bonds is 5. The van der Waals surface area contributed by atoms with Gasteiger partial charge in [-0.15, -0.1) is 11.3 Å². The molecule has 2 N–H and O–H groups in total. The van der Waals surface area contributed by atoms with E-state index >= 15 is 0 Å². The van der Waals surface area contributed by atoms with Crippen molar-refractivity contribution >= 4 is 39.9 Å². The molecule has 5 rings (SSSR count). The lowest BCUT2D eigenvalue weighted by Crippen LogP contribution is -2.59. The average Bonchev–Trinajstić information content (AvgIpc) is 3.44. The largest absolute Gasteiger partial charge is 0.465 e. The van der Waals surface area contributed by atoms with Crippen molar-refractivity contribution in [3.8, 4) is 11.3 Å². The number of thiazole rings is 1. The maximum absolute atomic E-state index is 12.6. The Balaban J connectivity index is 1.38. The van der Waals surface area contributed by atoms with Crippen LogP contribution in [0.2, 0.25) is 0 Å². The van der Waals surface area contributed by atoms with Gasteiger partial charge in [-0.05, 0) is 29.2 Å². The highest BCUT2D eigenvalue weighted by Crippen LogP contribution is 2.30. The third-order valence-corrected chi connectivity index (χ3v) is 7.56. The van der Waals surface area contributed by atoms with Crippen LogP contribution in [0.5, 0.6) is 0 Å². The molecule has 38 heavy (non-hydrogen) atoms. The van der Waals surface area contributed by atoms with Crippen LogP contribution in [-0.2, 0) is 6.54 Å². The first kappa shape index (κ1) is 25.8. The molecule has 1 atom stereocenters. The maximum atomic E-state index is 12.6. The Morgan fingerprint density at radius 2 is 1.92 bits per heavy atom. The first-order valence-electron chi connectivity index (χ1n) is 12.6. The van der Waals surface area contributed by atoms with Crippen LogP contribution in [0, 0.1) is 5.41 Å². The van der Waals surface area contributed by atoms with Gasteiger partial charge in [0, 0.05) is 42.5 Å². The van der Waals surface area contributed by atoms with Gasteiger partial charge in [0.2, 0.25) is 0 Å². The van der Waals surface area contributed by atoms with Crippen LogP contribution < -0.4 is 5.32 Å². The number of hydrogen-bond acceptors (Lipinski definition) is 6. The van der Waals surface area contributed by atoms with Crippen molar-refractivity contribution in [2.75, 3.05) is 25.0 Å². The summed E-state index contributed by atoms with van der Waals surface area (Å²) in [5.41, 5.74) is 6.18. The summed E-state index contributed by atoms with van der Waals surface area (Å²) in [5, 5.41) is 15.3. The number of benzene rings is 2. The van der Waals surface area contributed by atoms with Gasteiger partial charge in [-0.25, -0.2) is 14.8 Å². The highest BCUT2D eigenvalue weighted by Gasteiger charge is 2.37. The summed E-state index contributed by atoms with van der Waals surface area (Å²) >= 11 is 1.38. The number of nitrogens with one attached hydrogen (secondary N) is 1. The van der Waals surface area contributed by atoms with E-state index in [1.165, 1.54) is 11.3 Å². The molecule has 3 heterocycles. The van der Waals surface area contributed by atoms with Crippen LogP contribution >= 0.6 is 11.3 Å². The highest BCUT2D eigenvalue weighted by molar-refractivity contribution is 7.07. The number of fused-ring (bicyclic) bond motifs is 1. The van der Waals surface area contributed by atoms with E-state index in [2.05, 4.69) is 48.1 Å². The molecular weight excluding hydrogens is 498 g/mol. The summed E-state index contributed by atoms with van der Waals surface area (Å²) in [4.78, 5) is 37.3. The average molecular weight is 530 g/mol. The van der Waals surface area contributed by atoms with Gasteiger partial charge < -0.3 is 15.3 Å². The normalized spacial score (nSPS) is 16.5. The summed E-state index contributed by atoms with van der Waals surface area (Å²) in [7, 11) is 0. The number of carbonyl (C=O) groups is 2. The molecule has 2 amide bonds. The first-order valence-corrected chi connectivity index (χ1v) is 13.5. The zero-order valence-corrected chi connectivity index (χ0v) is 22.5. The molecule has 2 aromatic heterocycles. The monoisotopic (exact) mass is 529 g/mol. The van der Waals surface area contributed by atoms with Gasteiger partial charge in [0.05, 0.1) is 28.5 Å². The van der Waals surface area contributed by atoms with Crippen LogP contribution in [0.25, 0.3) is 22.2 Å². The molecule has 0 spiro atoms. The molecular formula is C29H31N5O3S. The molecule has 0 saturated carbocycles. The minimum atomic E-state index is -0.851. The number of para-hydroxylation sites is 1. The summed E-state index contributed by atoms with van der Waals surface area (Å²) in [6.45, 7) is 8.90. The zero-order chi connectivity index (χ0) is 26.9. The van der Waals surface area contributed by atoms with Gasteiger partial charge >= 0.3 is 6.09 Å². The van der Waals surface area contributed by atoms with E-state index in [1.54, 1.807) is 15.8 Å². The molecule has 1 saturated heterocycles. The van der Waals surface area contributed by atoms with Crippen molar-refractivity contribution in [3.05, 3.63) is 76.7 Å². The summed E-state index contributed by atoms with van der Waals surface area (Å²) in [6.07, 6.45) is -0.851. The molecule has 4 aromatic rings. The molecule has 0 aliphatic carbocycles. The molecule has 0 radical (unpaired) electrons. The van der Waals surface area contributed by atoms with Crippen LogP contribution in [0.3, 0.4) is 0 Å². The van der Waals surface area contributed by atoms with Crippen molar-refractivity contribution < 1.29 is 14.7 Å². The Kier molecular flexibility index (Phi) is 7.14. The lowest BCUT2D eigenvalue weighted by atomic mass is 9.84. The number of carbonyl (C=O) groups excluding carboxylic acids is 1. The number of pyridine rings is 1. The lowest BCUT2D eigenvalue weighted by Gasteiger charge is -2.46. The summed E-state index contributed by atoms with van der Waals surface area (Å²) in [6, 6.07) is 18.0. The van der Waals surface area contributed by atoms with Gasteiger partial charge in [-0.3, -0.25) is 9.69 Å². The predicted molar refractivity (Wildman–Crippen MR) is 150 cm³/mol. The fourth-order valence-corrected chi connectivity index (χ4v) is 5.49. The summed E-state index contributed by atoms with van der Waals surface area (Å²) in [5.74, 6) is -0.260. The predicted octanol–water partition coefficient (Wildman–Crippen LogP) is 5.82. The minimum absolute atomic E-state index is 0.0722. The van der Waals surface area contributed by atoms with Crippen molar-refractivity contribution in [3.63, 3.8) is 0 Å². The standard InChI is InChI=1S/C29H31N5O3S/c1-29(2,3)25-16-33(12-13-34(25)28(36)37)15-19-6-4-8-21(14-19)22-11-10-20-7-5-9-23(26(20)31-22)32-27(35)24-17-38-18-30-24/h4-11,14,17-18,25H,12-13,15-16H2,1-3H3,(H,32,35)(H,36,37). The van der Waals surface area contributed by atoms with Crippen LogP contribution in [0.15, 0.2) is 65.5 Å². The first-order chi connectivity index (χ1) is 18.2. The molecule has 1 aliphatic heterocycles. The van der Waals surface area contributed by atoms with Gasteiger partial charge in [0.1, 0.15) is 5.69 Å². The van der Waals surface area contributed by atoms with Crippen molar-refractivity contribution in [1.82, 2.24) is 19.8 Å². The van der Waals surface area contributed by atoms with Gasteiger partial charge in [0.25, 0.3) is 5.91 Å². The molecule has 1 unspecified atom stereocenters. The molecule has 196 valence electrons. The Hall–Kier alpha value is -3.82. The number of carboxylic acid groups (broad SMARTS) is 1. The van der Waals surface area contributed by atoms with E-state index in [4.69, 9.17) is 4.98 Å². The van der Waals surface area contributed by atoms with Crippen LogP contribution in [-0.4, -0.2) is 62.6 Å². The lowest BCUT2D eigenvalue weighted by molar-refractivity contribution is 0.0190. The molecule has 9 heteroatoms. The van der Waals surface area contributed by atoms with E-state index in [0.717, 1.165) is 34.3 Å². The SMILES string of the molecule is CC(C)(C)C1CN(Cc2cccc(-c3ccc4cccc(NC(=O)c5cscn5)c4n3)c2)CCN1C(=O)O. The number of anilines is 1. The van der Waals surface area contributed by atoms with Crippen molar-refractivity contribution in [2.45, 2.75) is 33.4 Å². The minimum Gasteiger partial charge on any atom is -0.465 e. The number of piperazine rings is 1. The highest BCUT2D eigenvalue weighted by atomic mass is 32.1. The second kappa shape index (κ2) is 10.5. The third-order valence-electron chi connectivity index (χ3n) is 6.97. The molecule has 8 nitrogen and oxygen atoms in total. The van der Waals surface area contributed by atoms with E-state index in [9.17, 15) is 14.7 Å². The zero-order valence-electron chi connectivity index (χ0n) is 21.7. The Morgan fingerprint density at radius 1 is 1.11 bits per heavy atom. The van der Waals surface area contributed by atoms with E-state index in [-0.39, 0.29) is 17.4 Å². The van der Waals surface area contributed by atoms with Gasteiger partial charge in [-0.1, -0.05) is 57.2 Å². The Bertz CT molecular complexity index is 1460. The van der Waals surface area contributed by atoms with Crippen molar-refractivity contribution in [1.29, 1.82) is 0 Å². The van der Waals surface area contributed by atoms with Gasteiger partial charge in [0.15, 0.2) is 0 Å². The van der Waals surface area contributed by atoms with Crippen LogP contribution in [0.4, 0.5) is 10.5 Å². The topological polar surface area (TPSA) is 98.7 Å². The Morgan fingerprint density at radius 3 is 2.66 bits per heavy atom. The quantitative estimate of drug-likeness (QED) is 0.338. The fraction of sp³-hybridized carbons (Fsp3) is 0.310. The van der Waals surface area contributed by atoms with Crippen LogP contribution in [0.1, 0.15) is 36.8 Å². The Labute approximate surface area is 226 Å². The number of amides is 2. The second-order valence-corrected chi connectivity index (χ2v) is 11.4. The van der Waals surface area contributed by atoms with E-state index in [0.29, 0.717) is 31.0 Å². The van der Waals surface area contributed by atoms with Gasteiger partial charge in [-0.2, -0.15) is 0 Å². The number of aromatic nitrogens is 2. The summed E-state index contributed by atoms with van der Waals surface area (Å²) < 4.78 is 0. The fourth-order valence-electron chi connectivity index (χ4n) is 4.96. The maximum Gasteiger partial charge on any atom is 0.407 e. The van der Waals surface area contributed by atoms with E-state index in [1.807, 2.05) is 42.5 Å². The second-order valence-electron chi connectivity index (χ2n) is 10.7. The number of nitrogens with zero attached hydrogens (tertiary/aromatic N) is 4. The van der Waals surface area contributed by atoms with E-state index < -0.39 is 6.09 Å². The third kappa shape index (κ3) is 5.54. The molecule has 0 bridgehead atoms. The smallest absolute Gasteiger partial charge is 0.407 e. The molecule has 2 aromatic carbocycles. The molecule has 1 fully saturated rings.